The van der Waals surface area contributed by atoms with E-state index < -0.39 is 11.4 Å². The van der Waals surface area contributed by atoms with Gasteiger partial charge in [0.15, 0.2) is 0 Å². The largest absolute Gasteiger partial charge is 0.463 e. The molecule has 1 saturated heterocycles. The van der Waals surface area contributed by atoms with Crippen LogP contribution in [0.3, 0.4) is 0 Å². The maximum atomic E-state index is 13.1. The van der Waals surface area contributed by atoms with Crippen LogP contribution in [0.5, 0.6) is 0 Å². The highest BCUT2D eigenvalue weighted by molar-refractivity contribution is 6.08. The SMILES string of the molecule is COCC1(C(N)=O)CCCN1C(=O)c1coc2cc(C)c(C)cc12. The summed E-state index contributed by atoms with van der Waals surface area (Å²) in [6.07, 6.45) is 2.69. The first-order valence-electron chi connectivity index (χ1n) is 8.00. The van der Waals surface area contributed by atoms with Crippen molar-refractivity contribution in [3.8, 4) is 0 Å². The van der Waals surface area contributed by atoms with E-state index in [2.05, 4.69) is 0 Å². The second-order valence-electron chi connectivity index (χ2n) is 6.47. The van der Waals surface area contributed by atoms with Crippen molar-refractivity contribution in [3.63, 3.8) is 0 Å². The third-order valence-electron chi connectivity index (χ3n) is 5.00. The van der Waals surface area contributed by atoms with Crippen LogP contribution in [0, 0.1) is 13.8 Å². The van der Waals surface area contributed by atoms with Crippen molar-refractivity contribution in [1.82, 2.24) is 4.90 Å². The molecule has 3 rings (SSSR count). The molecule has 1 aliphatic heterocycles. The Morgan fingerprint density at radius 3 is 2.71 bits per heavy atom. The zero-order chi connectivity index (χ0) is 17.5. The summed E-state index contributed by atoms with van der Waals surface area (Å²) in [7, 11) is 1.51. The van der Waals surface area contributed by atoms with Crippen LogP contribution in [0.15, 0.2) is 22.8 Å². The van der Waals surface area contributed by atoms with E-state index in [0.717, 1.165) is 16.5 Å². The van der Waals surface area contributed by atoms with Crippen molar-refractivity contribution in [3.05, 3.63) is 35.1 Å². The fourth-order valence-electron chi connectivity index (χ4n) is 3.49. The molecule has 0 aliphatic carbocycles. The summed E-state index contributed by atoms with van der Waals surface area (Å²) >= 11 is 0. The van der Waals surface area contributed by atoms with Crippen LogP contribution in [0.1, 0.15) is 34.3 Å². The average Bonchev–Trinajstić information content (AvgIpc) is 3.13. The van der Waals surface area contributed by atoms with Gasteiger partial charge in [0.2, 0.25) is 5.91 Å². The van der Waals surface area contributed by atoms with Gasteiger partial charge >= 0.3 is 0 Å². The molecule has 2 aromatic rings. The lowest BCUT2D eigenvalue weighted by Crippen LogP contribution is -2.58. The highest BCUT2D eigenvalue weighted by Gasteiger charge is 2.49. The van der Waals surface area contributed by atoms with Crippen LogP contribution in [-0.2, 0) is 9.53 Å². The minimum Gasteiger partial charge on any atom is -0.463 e. The summed E-state index contributed by atoms with van der Waals surface area (Å²) < 4.78 is 10.8. The Morgan fingerprint density at radius 2 is 2.04 bits per heavy atom. The maximum Gasteiger partial charge on any atom is 0.258 e. The van der Waals surface area contributed by atoms with Crippen LogP contribution in [0.4, 0.5) is 0 Å². The third-order valence-corrected chi connectivity index (χ3v) is 5.00. The number of aryl methyl sites for hydroxylation is 2. The molecule has 1 fully saturated rings. The number of carbonyl (C=O) groups is 2. The van der Waals surface area contributed by atoms with E-state index in [1.807, 2.05) is 26.0 Å². The van der Waals surface area contributed by atoms with E-state index in [4.69, 9.17) is 14.9 Å². The molecule has 1 aliphatic rings. The number of nitrogens with zero attached hydrogens (tertiary/aromatic N) is 1. The summed E-state index contributed by atoms with van der Waals surface area (Å²) in [5.41, 5.74) is 7.83. The molecule has 24 heavy (non-hydrogen) atoms. The number of fused-ring (bicyclic) bond motifs is 1. The minimum absolute atomic E-state index is 0.0992. The predicted octanol–water partition coefficient (Wildman–Crippen LogP) is 2.16. The molecular formula is C18H22N2O4. The van der Waals surface area contributed by atoms with Crippen molar-refractivity contribution < 1.29 is 18.7 Å². The van der Waals surface area contributed by atoms with E-state index in [-0.39, 0.29) is 12.5 Å². The number of furan rings is 1. The van der Waals surface area contributed by atoms with Gasteiger partial charge in [-0.25, -0.2) is 0 Å². The Kier molecular flexibility index (Phi) is 4.09. The topological polar surface area (TPSA) is 85.8 Å². The lowest BCUT2D eigenvalue weighted by molar-refractivity contribution is -0.130. The lowest BCUT2D eigenvalue weighted by atomic mass is 9.95. The smallest absolute Gasteiger partial charge is 0.258 e. The number of methoxy groups -OCH3 is 1. The van der Waals surface area contributed by atoms with Crippen LogP contribution in [0.25, 0.3) is 11.0 Å². The van der Waals surface area contributed by atoms with Gasteiger partial charge in [-0.1, -0.05) is 0 Å². The van der Waals surface area contributed by atoms with Crippen molar-refractivity contribution in [1.29, 1.82) is 0 Å². The highest BCUT2D eigenvalue weighted by atomic mass is 16.5. The number of rotatable bonds is 4. The number of benzene rings is 1. The van der Waals surface area contributed by atoms with Gasteiger partial charge in [-0.15, -0.1) is 0 Å². The summed E-state index contributed by atoms with van der Waals surface area (Å²) in [5, 5.41) is 0.755. The summed E-state index contributed by atoms with van der Waals surface area (Å²) in [6.45, 7) is 4.56. The molecule has 1 unspecified atom stereocenters. The first kappa shape index (κ1) is 16.5. The second-order valence-corrected chi connectivity index (χ2v) is 6.47. The molecule has 0 spiro atoms. The number of nitrogens with two attached hydrogens (primary N) is 1. The fraction of sp³-hybridized carbons (Fsp3) is 0.444. The van der Waals surface area contributed by atoms with Gasteiger partial charge in [-0.2, -0.15) is 0 Å². The molecule has 128 valence electrons. The molecule has 1 atom stereocenters. The van der Waals surface area contributed by atoms with Crippen LogP contribution in [-0.4, -0.2) is 42.5 Å². The van der Waals surface area contributed by atoms with Crippen LogP contribution in [0.2, 0.25) is 0 Å². The number of primary amides is 1. The molecule has 0 saturated carbocycles. The van der Waals surface area contributed by atoms with Gasteiger partial charge in [0.1, 0.15) is 17.4 Å². The quantitative estimate of drug-likeness (QED) is 0.931. The van der Waals surface area contributed by atoms with Gasteiger partial charge < -0.3 is 19.8 Å². The Bertz CT molecular complexity index is 811. The summed E-state index contributed by atoms with van der Waals surface area (Å²) in [5.74, 6) is -0.777. The predicted molar refractivity (Wildman–Crippen MR) is 89.8 cm³/mol. The molecule has 2 heterocycles. The minimum atomic E-state index is -1.09. The molecular weight excluding hydrogens is 308 g/mol. The van der Waals surface area contributed by atoms with E-state index in [1.54, 1.807) is 0 Å². The van der Waals surface area contributed by atoms with Gasteiger partial charge in [0, 0.05) is 19.0 Å². The normalized spacial score (nSPS) is 20.7. The molecule has 0 bridgehead atoms. The highest BCUT2D eigenvalue weighted by Crippen LogP contribution is 2.33. The van der Waals surface area contributed by atoms with Crippen molar-refractivity contribution in [2.24, 2.45) is 5.73 Å². The van der Waals surface area contributed by atoms with Crippen molar-refractivity contribution in [2.45, 2.75) is 32.2 Å². The molecule has 2 N–H and O–H groups in total. The zero-order valence-electron chi connectivity index (χ0n) is 14.2. The second kappa shape index (κ2) is 5.94. The zero-order valence-corrected chi connectivity index (χ0v) is 14.2. The Labute approximate surface area is 140 Å². The number of amides is 2. The number of ether oxygens (including phenoxy) is 1. The standard InChI is InChI=1S/C18H22N2O4/c1-11-7-13-14(9-24-15(13)8-12(11)2)16(21)20-6-4-5-18(20,10-23-3)17(19)22/h7-9H,4-6,10H2,1-3H3,(H2,19,22). The number of carbonyl (C=O) groups excluding carboxylic acids is 2. The van der Waals surface area contributed by atoms with Gasteiger partial charge in [0.25, 0.3) is 5.91 Å². The lowest BCUT2D eigenvalue weighted by Gasteiger charge is -2.35. The Balaban J connectivity index is 2.05. The fourth-order valence-corrected chi connectivity index (χ4v) is 3.49. The molecule has 6 nitrogen and oxygen atoms in total. The van der Waals surface area contributed by atoms with Crippen molar-refractivity contribution >= 4 is 22.8 Å². The molecule has 0 radical (unpaired) electrons. The van der Waals surface area contributed by atoms with E-state index in [1.165, 1.54) is 18.3 Å². The molecule has 1 aromatic heterocycles. The molecule has 1 aromatic carbocycles. The first-order chi connectivity index (χ1) is 11.4. The van der Waals surface area contributed by atoms with Gasteiger partial charge in [-0.3, -0.25) is 9.59 Å². The number of likely N-dealkylation sites (tertiary alicyclic amines) is 1. The Hall–Kier alpha value is -2.34. The van der Waals surface area contributed by atoms with Gasteiger partial charge in [-0.05, 0) is 49.9 Å². The van der Waals surface area contributed by atoms with E-state index in [9.17, 15) is 9.59 Å². The third kappa shape index (κ3) is 2.38. The molecule has 2 amide bonds. The van der Waals surface area contributed by atoms with Gasteiger partial charge in [0.05, 0.1) is 12.2 Å². The van der Waals surface area contributed by atoms with Crippen LogP contribution >= 0.6 is 0 Å². The Morgan fingerprint density at radius 1 is 1.33 bits per heavy atom. The maximum absolute atomic E-state index is 13.1. The first-order valence-corrected chi connectivity index (χ1v) is 8.00. The monoisotopic (exact) mass is 330 g/mol. The van der Waals surface area contributed by atoms with E-state index >= 15 is 0 Å². The molecule has 6 heteroatoms. The number of hydrogen-bond acceptors (Lipinski definition) is 4. The number of hydrogen-bond donors (Lipinski definition) is 1. The van der Waals surface area contributed by atoms with E-state index in [0.29, 0.717) is 30.5 Å². The average molecular weight is 330 g/mol. The van der Waals surface area contributed by atoms with Crippen molar-refractivity contribution in [2.75, 3.05) is 20.3 Å². The summed E-state index contributed by atoms with van der Waals surface area (Å²) in [6, 6.07) is 3.86. The van der Waals surface area contributed by atoms with Crippen LogP contribution < -0.4 is 5.73 Å². The summed E-state index contributed by atoms with van der Waals surface area (Å²) in [4.78, 5) is 26.7.